The van der Waals surface area contributed by atoms with Crippen molar-refractivity contribution >= 4 is 0 Å². The molecule has 0 atom stereocenters. The molecule has 2 heteroatoms. The van der Waals surface area contributed by atoms with Crippen molar-refractivity contribution in [3.63, 3.8) is 0 Å². The predicted octanol–water partition coefficient (Wildman–Crippen LogP) is 1.88. The molecule has 0 aromatic carbocycles. The van der Waals surface area contributed by atoms with Crippen LogP contribution in [-0.2, 0) is 0 Å². The lowest BCUT2D eigenvalue weighted by Crippen LogP contribution is -2.39. The maximum atomic E-state index is 3.76. The highest BCUT2D eigenvalue weighted by Crippen LogP contribution is 2.22. The van der Waals surface area contributed by atoms with Gasteiger partial charge in [-0.25, -0.2) is 0 Å². The zero-order chi connectivity index (χ0) is 10.6. The molecule has 1 rings (SSSR count). The minimum absolute atomic E-state index is 0.361. The Kier molecular flexibility index (Phi) is 4.14. The minimum atomic E-state index is 0.361. The van der Waals surface area contributed by atoms with E-state index in [0.29, 0.717) is 5.41 Å². The van der Waals surface area contributed by atoms with Crippen LogP contribution >= 0.6 is 0 Å². The second-order valence-electron chi connectivity index (χ2n) is 5.30. The van der Waals surface area contributed by atoms with Crippen LogP contribution in [0.1, 0.15) is 26.7 Å². The SMILES string of the molecule is C=CCN(C)CC(C)(C)CNC1CC1. The van der Waals surface area contributed by atoms with Crippen molar-refractivity contribution in [1.29, 1.82) is 0 Å². The van der Waals surface area contributed by atoms with Crippen LogP contribution < -0.4 is 5.32 Å². The monoisotopic (exact) mass is 196 g/mol. The van der Waals surface area contributed by atoms with Gasteiger partial charge < -0.3 is 10.2 Å². The molecule has 0 unspecified atom stereocenters. The van der Waals surface area contributed by atoms with Gasteiger partial charge in [-0.2, -0.15) is 0 Å². The smallest absolute Gasteiger partial charge is 0.0157 e. The highest BCUT2D eigenvalue weighted by atomic mass is 15.1. The summed E-state index contributed by atoms with van der Waals surface area (Å²) < 4.78 is 0. The normalized spacial score (nSPS) is 17.4. The molecule has 0 amide bonds. The second-order valence-corrected chi connectivity index (χ2v) is 5.30. The quantitative estimate of drug-likeness (QED) is 0.625. The van der Waals surface area contributed by atoms with Gasteiger partial charge in [-0.3, -0.25) is 0 Å². The molecule has 0 aliphatic heterocycles. The van der Waals surface area contributed by atoms with Gasteiger partial charge in [0.1, 0.15) is 0 Å². The van der Waals surface area contributed by atoms with Gasteiger partial charge in [0.25, 0.3) is 0 Å². The van der Waals surface area contributed by atoms with E-state index in [4.69, 9.17) is 0 Å². The van der Waals surface area contributed by atoms with Gasteiger partial charge >= 0.3 is 0 Å². The van der Waals surface area contributed by atoms with Crippen LogP contribution in [0.4, 0.5) is 0 Å². The van der Waals surface area contributed by atoms with Crippen LogP contribution in [0.3, 0.4) is 0 Å². The van der Waals surface area contributed by atoms with Crippen molar-refractivity contribution < 1.29 is 0 Å². The predicted molar refractivity (Wildman–Crippen MR) is 62.5 cm³/mol. The molecule has 0 heterocycles. The molecule has 0 radical (unpaired) electrons. The fourth-order valence-corrected chi connectivity index (χ4v) is 1.78. The maximum Gasteiger partial charge on any atom is 0.0157 e. The summed E-state index contributed by atoms with van der Waals surface area (Å²) in [6, 6.07) is 0.819. The van der Waals surface area contributed by atoms with Gasteiger partial charge in [-0.1, -0.05) is 19.9 Å². The van der Waals surface area contributed by atoms with E-state index < -0.39 is 0 Å². The zero-order valence-corrected chi connectivity index (χ0v) is 9.84. The molecule has 0 aromatic heterocycles. The molecular formula is C12H24N2. The summed E-state index contributed by atoms with van der Waals surface area (Å²) >= 11 is 0. The van der Waals surface area contributed by atoms with E-state index in [1.54, 1.807) is 0 Å². The van der Waals surface area contributed by atoms with E-state index >= 15 is 0 Å². The third-order valence-electron chi connectivity index (χ3n) is 2.59. The van der Waals surface area contributed by atoms with Crippen molar-refractivity contribution in [1.82, 2.24) is 10.2 Å². The van der Waals surface area contributed by atoms with E-state index in [0.717, 1.165) is 25.7 Å². The van der Waals surface area contributed by atoms with Gasteiger partial charge in [-0.05, 0) is 25.3 Å². The first-order valence-corrected chi connectivity index (χ1v) is 5.56. The molecule has 0 saturated heterocycles. The topological polar surface area (TPSA) is 15.3 Å². The van der Waals surface area contributed by atoms with Gasteiger partial charge in [0.05, 0.1) is 0 Å². The van der Waals surface area contributed by atoms with Crippen LogP contribution in [-0.4, -0.2) is 37.6 Å². The maximum absolute atomic E-state index is 3.76. The van der Waals surface area contributed by atoms with Crippen molar-refractivity contribution in [3.8, 4) is 0 Å². The number of likely N-dealkylation sites (N-methyl/N-ethyl adjacent to an activating group) is 1. The Morgan fingerprint density at radius 2 is 2.14 bits per heavy atom. The summed E-state index contributed by atoms with van der Waals surface area (Å²) in [4.78, 5) is 2.32. The molecule has 14 heavy (non-hydrogen) atoms. The summed E-state index contributed by atoms with van der Waals surface area (Å²) in [6.45, 7) is 11.6. The summed E-state index contributed by atoms with van der Waals surface area (Å²) in [6.07, 6.45) is 4.71. The molecule has 82 valence electrons. The molecule has 2 nitrogen and oxygen atoms in total. The second kappa shape index (κ2) is 4.94. The van der Waals surface area contributed by atoms with Crippen molar-refractivity contribution in [3.05, 3.63) is 12.7 Å². The molecule has 0 spiro atoms. The Morgan fingerprint density at radius 3 is 2.64 bits per heavy atom. The van der Waals surface area contributed by atoms with Crippen LogP contribution in [0.15, 0.2) is 12.7 Å². The fourth-order valence-electron chi connectivity index (χ4n) is 1.78. The van der Waals surface area contributed by atoms with Crippen LogP contribution in [0, 0.1) is 5.41 Å². The average Bonchev–Trinajstić information content (AvgIpc) is 2.83. The minimum Gasteiger partial charge on any atom is -0.313 e. The summed E-state index contributed by atoms with van der Waals surface area (Å²) in [7, 11) is 2.15. The summed E-state index contributed by atoms with van der Waals surface area (Å²) in [5.74, 6) is 0. The van der Waals surface area contributed by atoms with Crippen LogP contribution in [0.2, 0.25) is 0 Å². The lowest BCUT2D eigenvalue weighted by Gasteiger charge is -2.30. The Bertz CT molecular complexity index is 183. The molecule has 0 bridgehead atoms. The van der Waals surface area contributed by atoms with Crippen molar-refractivity contribution in [2.75, 3.05) is 26.7 Å². The lowest BCUT2D eigenvalue weighted by atomic mass is 9.92. The molecule has 1 saturated carbocycles. The average molecular weight is 196 g/mol. The molecular weight excluding hydrogens is 172 g/mol. The molecule has 1 aliphatic carbocycles. The highest BCUT2D eigenvalue weighted by Gasteiger charge is 2.25. The number of nitrogens with one attached hydrogen (secondary N) is 1. The Hall–Kier alpha value is -0.340. The Labute approximate surface area is 88.4 Å². The molecule has 1 aliphatic rings. The third kappa shape index (κ3) is 4.77. The summed E-state index contributed by atoms with van der Waals surface area (Å²) in [5, 5.41) is 3.59. The van der Waals surface area contributed by atoms with E-state index in [1.807, 2.05) is 6.08 Å². The van der Waals surface area contributed by atoms with Crippen molar-refractivity contribution in [2.45, 2.75) is 32.7 Å². The van der Waals surface area contributed by atoms with E-state index in [9.17, 15) is 0 Å². The van der Waals surface area contributed by atoms with Crippen molar-refractivity contribution in [2.24, 2.45) is 5.41 Å². The Balaban J connectivity index is 2.19. The number of hydrogen-bond donors (Lipinski definition) is 1. The Morgan fingerprint density at radius 1 is 1.50 bits per heavy atom. The largest absolute Gasteiger partial charge is 0.313 e. The number of nitrogens with zero attached hydrogens (tertiary/aromatic N) is 1. The molecule has 1 N–H and O–H groups in total. The van der Waals surface area contributed by atoms with E-state index in [1.165, 1.54) is 12.8 Å². The van der Waals surface area contributed by atoms with Gasteiger partial charge in [-0.15, -0.1) is 6.58 Å². The van der Waals surface area contributed by atoms with Gasteiger partial charge in [0, 0.05) is 25.7 Å². The lowest BCUT2D eigenvalue weighted by molar-refractivity contribution is 0.217. The van der Waals surface area contributed by atoms with Crippen LogP contribution in [0.5, 0.6) is 0 Å². The first kappa shape index (κ1) is 11.7. The van der Waals surface area contributed by atoms with Gasteiger partial charge in [0.15, 0.2) is 0 Å². The van der Waals surface area contributed by atoms with E-state index in [-0.39, 0.29) is 0 Å². The molecule has 0 aromatic rings. The first-order valence-electron chi connectivity index (χ1n) is 5.56. The fraction of sp³-hybridized carbons (Fsp3) is 0.833. The van der Waals surface area contributed by atoms with Gasteiger partial charge in [0.2, 0.25) is 0 Å². The zero-order valence-electron chi connectivity index (χ0n) is 9.84. The number of hydrogen-bond acceptors (Lipinski definition) is 2. The first-order chi connectivity index (χ1) is 6.53. The number of rotatable bonds is 7. The van der Waals surface area contributed by atoms with Crippen LogP contribution in [0.25, 0.3) is 0 Å². The third-order valence-corrected chi connectivity index (χ3v) is 2.59. The summed E-state index contributed by atoms with van der Waals surface area (Å²) in [5.41, 5.74) is 0.361. The standard InChI is InChI=1S/C12H24N2/c1-5-8-14(4)10-12(2,3)9-13-11-6-7-11/h5,11,13H,1,6-10H2,2-4H3. The van der Waals surface area contributed by atoms with E-state index in [2.05, 4.69) is 37.7 Å². The highest BCUT2D eigenvalue weighted by molar-refractivity contribution is 4.85. The molecule has 1 fully saturated rings.